The van der Waals surface area contributed by atoms with Crippen LogP contribution in [0.2, 0.25) is 0 Å². The van der Waals surface area contributed by atoms with Gasteiger partial charge >= 0.3 is 5.97 Å². The molecule has 1 aromatic carbocycles. The maximum Gasteiger partial charge on any atom is 0.353 e. The second-order valence-electron chi connectivity index (χ2n) is 4.09. The minimum atomic E-state index is -1.19. The third-order valence-corrected chi connectivity index (χ3v) is 3.46. The van der Waals surface area contributed by atoms with Crippen molar-refractivity contribution in [2.45, 2.75) is 0 Å². The lowest BCUT2D eigenvalue weighted by molar-refractivity contribution is 0.0689. The van der Waals surface area contributed by atoms with Gasteiger partial charge in [0.15, 0.2) is 0 Å². The highest BCUT2D eigenvalue weighted by molar-refractivity contribution is 7.07. The lowest BCUT2D eigenvalue weighted by Crippen LogP contribution is -2.07. The Morgan fingerprint density at radius 1 is 1.30 bits per heavy atom. The summed E-state index contributed by atoms with van der Waals surface area (Å²) in [5.41, 5.74) is 2.04. The molecule has 1 N–H and O–H groups in total. The molecule has 2 heterocycles. The second kappa shape index (κ2) is 4.90. The molecule has 0 radical (unpaired) electrons. The molecule has 0 amide bonds. The summed E-state index contributed by atoms with van der Waals surface area (Å²) < 4.78 is 15.5. The highest BCUT2D eigenvalue weighted by Crippen LogP contribution is 2.30. The fraction of sp³-hybridized carbons (Fsp3) is 0. The molecule has 4 nitrogen and oxygen atoms in total. The van der Waals surface area contributed by atoms with Crippen LogP contribution in [-0.2, 0) is 0 Å². The summed E-state index contributed by atoms with van der Waals surface area (Å²) in [6.07, 6.45) is 1.15. The van der Waals surface area contributed by atoms with E-state index in [1.165, 1.54) is 15.9 Å². The van der Waals surface area contributed by atoms with Crippen molar-refractivity contribution in [3.05, 3.63) is 58.9 Å². The van der Waals surface area contributed by atoms with Gasteiger partial charge in [-0.1, -0.05) is 30.3 Å². The van der Waals surface area contributed by atoms with Crippen molar-refractivity contribution in [1.82, 2.24) is 9.55 Å². The molecule has 3 rings (SSSR count). The van der Waals surface area contributed by atoms with E-state index in [1.807, 2.05) is 0 Å². The number of carboxylic acid groups (broad SMARTS) is 1. The molecule has 20 heavy (non-hydrogen) atoms. The van der Waals surface area contributed by atoms with Gasteiger partial charge < -0.3 is 5.11 Å². The summed E-state index contributed by atoms with van der Waals surface area (Å²) in [6, 6.07) is 8.62. The molecule has 0 saturated carbocycles. The average Bonchev–Trinajstić information content (AvgIpc) is 3.06. The molecule has 0 aliphatic heterocycles. The zero-order valence-electron chi connectivity index (χ0n) is 10.2. The molecule has 6 heteroatoms. The van der Waals surface area contributed by atoms with E-state index >= 15 is 0 Å². The van der Waals surface area contributed by atoms with Gasteiger partial charge in [-0.3, -0.25) is 4.57 Å². The number of hydrogen-bond donors (Lipinski definition) is 1. The SMILES string of the molecule is O=C(O)c1c(-c2ccccc2)c(F)cn1-c1cscn1. The van der Waals surface area contributed by atoms with Gasteiger partial charge in [0.25, 0.3) is 0 Å². The molecule has 0 aliphatic rings. The first kappa shape index (κ1) is 12.6. The van der Waals surface area contributed by atoms with E-state index in [4.69, 9.17) is 0 Å². The van der Waals surface area contributed by atoms with Crippen molar-refractivity contribution in [2.24, 2.45) is 0 Å². The van der Waals surface area contributed by atoms with Crippen molar-refractivity contribution in [2.75, 3.05) is 0 Å². The van der Waals surface area contributed by atoms with Crippen LogP contribution in [0.25, 0.3) is 16.9 Å². The molecule has 0 bridgehead atoms. The fourth-order valence-electron chi connectivity index (χ4n) is 2.07. The van der Waals surface area contributed by atoms with Crippen LogP contribution in [0.5, 0.6) is 0 Å². The first-order valence-corrected chi connectivity index (χ1v) is 6.71. The molecule has 0 fully saturated rings. The van der Waals surface area contributed by atoms with Crippen molar-refractivity contribution in [1.29, 1.82) is 0 Å². The molecule has 0 spiro atoms. The van der Waals surface area contributed by atoms with Crippen LogP contribution in [0, 0.1) is 5.82 Å². The molecular weight excluding hydrogens is 279 g/mol. The van der Waals surface area contributed by atoms with Crippen LogP contribution >= 0.6 is 11.3 Å². The molecular formula is C14H9FN2O2S. The van der Waals surface area contributed by atoms with E-state index in [9.17, 15) is 14.3 Å². The van der Waals surface area contributed by atoms with Crippen molar-refractivity contribution in [3.63, 3.8) is 0 Å². The summed E-state index contributed by atoms with van der Waals surface area (Å²) in [7, 11) is 0. The van der Waals surface area contributed by atoms with E-state index in [0.29, 0.717) is 11.4 Å². The Labute approximate surface area is 117 Å². The first-order valence-electron chi connectivity index (χ1n) is 5.76. The van der Waals surface area contributed by atoms with Crippen LogP contribution in [-0.4, -0.2) is 20.6 Å². The minimum Gasteiger partial charge on any atom is -0.477 e. The standard InChI is InChI=1S/C14H9FN2O2S/c15-10-6-17(11-7-20-8-16-11)13(14(18)19)12(10)9-4-2-1-3-5-9/h1-8H,(H,18,19). The van der Waals surface area contributed by atoms with Gasteiger partial charge in [0.2, 0.25) is 0 Å². The number of aromatic carboxylic acids is 1. The Bertz CT molecular complexity index is 751. The third kappa shape index (κ3) is 2.00. The molecule has 0 atom stereocenters. The Kier molecular flexibility index (Phi) is 3.08. The second-order valence-corrected chi connectivity index (χ2v) is 4.81. The summed E-state index contributed by atoms with van der Waals surface area (Å²) in [6.45, 7) is 0. The number of carbonyl (C=O) groups is 1. The van der Waals surface area contributed by atoms with Crippen molar-refractivity contribution < 1.29 is 14.3 Å². The zero-order valence-corrected chi connectivity index (χ0v) is 11.0. The van der Waals surface area contributed by atoms with Crippen LogP contribution < -0.4 is 0 Å². The van der Waals surface area contributed by atoms with Gasteiger partial charge in [0.1, 0.15) is 17.3 Å². The smallest absolute Gasteiger partial charge is 0.353 e. The van der Waals surface area contributed by atoms with E-state index in [1.54, 1.807) is 41.2 Å². The van der Waals surface area contributed by atoms with Crippen LogP contribution in [0.3, 0.4) is 0 Å². The highest BCUT2D eigenvalue weighted by atomic mass is 32.1. The Morgan fingerprint density at radius 3 is 2.65 bits per heavy atom. The van der Waals surface area contributed by atoms with Gasteiger partial charge in [0.05, 0.1) is 11.1 Å². The lowest BCUT2D eigenvalue weighted by Gasteiger charge is -2.05. The van der Waals surface area contributed by atoms with Gasteiger partial charge in [-0.05, 0) is 5.56 Å². The van der Waals surface area contributed by atoms with Gasteiger partial charge in [0, 0.05) is 11.6 Å². The minimum absolute atomic E-state index is 0.0751. The zero-order chi connectivity index (χ0) is 14.1. The third-order valence-electron chi connectivity index (χ3n) is 2.89. The molecule has 0 saturated heterocycles. The number of thiazole rings is 1. The monoisotopic (exact) mass is 288 g/mol. The quantitative estimate of drug-likeness (QED) is 0.803. The normalized spacial score (nSPS) is 10.7. The summed E-state index contributed by atoms with van der Waals surface area (Å²) in [5.74, 6) is -1.38. The number of hydrogen-bond acceptors (Lipinski definition) is 3. The fourth-order valence-corrected chi connectivity index (χ4v) is 2.60. The molecule has 2 aromatic heterocycles. The van der Waals surface area contributed by atoms with Crippen LogP contribution in [0.1, 0.15) is 10.5 Å². The van der Waals surface area contributed by atoms with Gasteiger partial charge in [-0.15, -0.1) is 11.3 Å². The molecule has 0 unspecified atom stereocenters. The number of carboxylic acids is 1. The van der Waals surface area contributed by atoms with E-state index in [-0.39, 0.29) is 11.3 Å². The molecule has 0 aliphatic carbocycles. The first-order chi connectivity index (χ1) is 9.68. The predicted octanol–water partition coefficient (Wildman–Crippen LogP) is 3.44. The van der Waals surface area contributed by atoms with Crippen molar-refractivity contribution in [3.8, 4) is 16.9 Å². The number of benzene rings is 1. The lowest BCUT2D eigenvalue weighted by atomic mass is 10.1. The van der Waals surface area contributed by atoms with Crippen LogP contribution in [0.4, 0.5) is 4.39 Å². The number of nitrogens with zero attached hydrogens (tertiary/aromatic N) is 2. The maximum atomic E-state index is 14.2. The van der Waals surface area contributed by atoms with Gasteiger partial charge in [-0.25, -0.2) is 14.2 Å². The topological polar surface area (TPSA) is 55.1 Å². The predicted molar refractivity (Wildman–Crippen MR) is 73.8 cm³/mol. The van der Waals surface area contributed by atoms with Crippen LogP contribution in [0.15, 0.2) is 47.4 Å². The average molecular weight is 288 g/mol. The van der Waals surface area contributed by atoms with E-state index in [0.717, 1.165) is 6.20 Å². The molecule has 100 valence electrons. The van der Waals surface area contributed by atoms with Gasteiger partial charge in [-0.2, -0.15) is 0 Å². The summed E-state index contributed by atoms with van der Waals surface area (Å²) in [5, 5.41) is 11.1. The maximum absolute atomic E-state index is 14.2. The Hall–Kier alpha value is -2.47. The van der Waals surface area contributed by atoms with E-state index in [2.05, 4.69) is 4.98 Å². The Morgan fingerprint density at radius 2 is 2.05 bits per heavy atom. The Balaban J connectivity index is 2.28. The number of rotatable bonds is 3. The highest BCUT2D eigenvalue weighted by Gasteiger charge is 2.24. The van der Waals surface area contributed by atoms with Crippen molar-refractivity contribution >= 4 is 17.3 Å². The number of halogens is 1. The van der Waals surface area contributed by atoms with E-state index < -0.39 is 11.8 Å². The largest absolute Gasteiger partial charge is 0.477 e. The summed E-state index contributed by atoms with van der Waals surface area (Å²) in [4.78, 5) is 15.5. The number of aromatic nitrogens is 2. The molecule has 3 aromatic rings. The summed E-state index contributed by atoms with van der Waals surface area (Å²) >= 11 is 1.32.